The fourth-order valence-corrected chi connectivity index (χ4v) is 5.52. The number of carbonyl (C=O) groups is 2. The van der Waals surface area contributed by atoms with E-state index in [0.717, 1.165) is 37.3 Å². The van der Waals surface area contributed by atoms with E-state index in [0.29, 0.717) is 19.5 Å². The maximum absolute atomic E-state index is 13.3. The summed E-state index contributed by atoms with van der Waals surface area (Å²) in [5.41, 5.74) is 0.611. The lowest BCUT2D eigenvalue weighted by molar-refractivity contribution is -0.142. The predicted molar refractivity (Wildman–Crippen MR) is 115 cm³/mol. The van der Waals surface area contributed by atoms with Crippen LogP contribution in [-0.4, -0.2) is 66.9 Å². The number of likely N-dealkylation sites (tertiary alicyclic amines) is 1. The zero-order chi connectivity index (χ0) is 20.4. The quantitative estimate of drug-likeness (QED) is 0.774. The molecule has 0 aromatic carbocycles. The molecule has 4 heterocycles. The van der Waals surface area contributed by atoms with E-state index in [-0.39, 0.29) is 17.7 Å². The number of fused-ring (bicyclic) bond motifs is 1. The van der Waals surface area contributed by atoms with Crippen molar-refractivity contribution >= 4 is 29.0 Å². The highest BCUT2D eigenvalue weighted by Gasteiger charge is 2.54. The van der Waals surface area contributed by atoms with E-state index < -0.39 is 5.41 Å². The fourth-order valence-electron chi connectivity index (χ4n) is 4.85. The topological polar surface area (TPSA) is 56.8 Å². The van der Waals surface area contributed by atoms with Gasteiger partial charge in [-0.05, 0) is 47.4 Å². The van der Waals surface area contributed by atoms with Crippen LogP contribution in [0.3, 0.4) is 0 Å². The second-order valence-electron chi connectivity index (χ2n) is 8.37. The summed E-state index contributed by atoms with van der Waals surface area (Å²) >= 11 is 1.62. The van der Waals surface area contributed by atoms with Gasteiger partial charge in [-0.3, -0.25) is 9.59 Å². The molecule has 2 aliphatic rings. The van der Waals surface area contributed by atoms with Gasteiger partial charge in [0.2, 0.25) is 11.8 Å². The fraction of sp³-hybridized carbons (Fsp3) is 0.500. The van der Waals surface area contributed by atoms with Gasteiger partial charge in [-0.1, -0.05) is 6.07 Å². The summed E-state index contributed by atoms with van der Waals surface area (Å²) in [6.45, 7) is 2.77. The molecule has 6 nitrogen and oxygen atoms in total. The van der Waals surface area contributed by atoms with Crippen LogP contribution in [0.5, 0.6) is 0 Å². The van der Waals surface area contributed by atoms with E-state index in [4.69, 9.17) is 0 Å². The molecule has 2 aliphatic heterocycles. The third-order valence-corrected chi connectivity index (χ3v) is 7.01. The van der Waals surface area contributed by atoms with E-state index in [1.165, 1.54) is 0 Å². The molecule has 2 amide bonds. The monoisotopic (exact) mass is 412 g/mol. The largest absolute Gasteiger partial charge is 0.355 e. The normalized spacial score (nSPS) is 24.1. The van der Waals surface area contributed by atoms with E-state index in [1.807, 2.05) is 54.0 Å². The highest BCUT2D eigenvalue weighted by Crippen LogP contribution is 2.45. The minimum absolute atomic E-state index is 0.105. The maximum Gasteiger partial charge on any atom is 0.230 e. The van der Waals surface area contributed by atoms with Crippen LogP contribution in [-0.2, 0) is 16.0 Å². The Hall–Kier alpha value is -2.41. The summed E-state index contributed by atoms with van der Waals surface area (Å²) < 4.78 is 0. The van der Waals surface area contributed by atoms with Gasteiger partial charge in [-0.2, -0.15) is 11.3 Å². The van der Waals surface area contributed by atoms with Gasteiger partial charge in [0.1, 0.15) is 5.82 Å². The molecule has 154 valence electrons. The van der Waals surface area contributed by atoms with Gasteiger partial charge in [-0.15, -0.1) is 0 Å². The third-order valence-electron chi connectivity index (χ3n) is 6.28. The molecule has 7 heteroatoms. The molecular formula is C22H28N4O2S. The zero-order valence-electron chi connectivity index (χ0n) is 17.1. The molecule has 0 radical (unpaired) electrons. The van der Waals surface area contributed by atoms with Crippen LogP contribution in [0, 0.1) is 11.3 Å². The zero-order valence-corrected chi connectivity index (χ0v) is 17.9. The Morgan fingerprint density at radius 3 is 2.83 bits per heavy atom. The minimum atomic E-state index is -0.460. The van der Waals surface area contributed by atoms with Gasteiger partial charge in [-0.25, -0.2) is 4.98 Å². The first-order valence-electron chi connectivity index (χ1n) is 10.2. The first-order valence-corrected chi connectivity index (χ1v) is 11.1. The number of rotatable bonds is 4. The first kappa shape index (κ1) is 19.9. The molecule has 0 N–H and O–H groups in total. The van der Waals surface area contributed by atoms with Crippen LogP contribution >= 0.6 is 11.3 Å². The van der Waals surface area contributed by atoms with E-state index in [2.05, 4.69) is 9.88 Å². The van der Waals surface area contributed by atoms with E-state index in [1.54, 1.807) is 22.4 Å². The highest BCUT2D eigenvalue weighted by molar-refractivity contribution is 7.08. The lowest BCUT2D eigenvalue weighted by Gasteiger charge is -2.34. The number of thiophene rings is 1. The highest BCUT2D eigenvalue weighted by atomic mass is 32.1. The average Bonchev–Trinajstić information content (AvgIpc) is 3.32. The number of amides is 2. The van der Waals surface area contributed by atoms with Crippen molar-refractivity contribution in [2.75, 3.05) is 45.2 Å². The van der Waals surface area contributed by atoms with Crippen LogP contribution in [0.2, 0.25) is 0 Å². The van der Waals surface area contributed by atoms with Gasteiger partial charge < -0.3 is 14.7 Å². The Morgan fingerprint density at radius 2 is 2.14 bits per heavy atom. The summed E-state index contributed by atoms with van der Waals surface area (Å²) in [6.07, 6.45) is 3.89. The molecule has 0 bridgehead atoms. The summed E-state index contributed by atoms with van der Waals surface area (Å²) in [5.74, 6) is 1.34. The molecule has 2 aromatic heterocycles. The number of hydrogen-bond acceptors (Lipinski definition) is 5. The number of carbonyl (C=O) groups excluding carboxylic acids is 2. The molecule has 29 heavy (non-hydrogen) atoms. The molecule has 2 aromatic rings. The second kappa shape index (κ2) is 8.14. The van der Waals surface area contributed by atoms with Crippen LogP contribution in [0.4, 0.5) is 5.82 Å². The van der Waals surface area contributed by atoms with Gasteiger partial charge in [0, 0.05) is 52.4 Å². The standard InChI is InChI=1S/C22H28N4O2S/c1-24(2)21(28)22-8-5-10-25(20(27)12-17-7-11-29-15-17)13-18(22)14-26(16-22)19-6-3-4-9-23-19/h3-4,6-7,9,11,15,18H,5,8,10,12-14,16H2,1-2H3/t18-,22-/m0/s1. The van der Waals surface area contributed by atoms with Crippen LogP contribution in [0.25, 0.3) is 0 Å². The minimum Gasteiger partial charge on any atom is -0.355 e. The number of nitrogens with zero attached hydrogens (tertiary/aromatic N) is 4. The van der Waals surface area contributed by atoms with Crippen LogP contribution in [0.15, 0.2) is 41.2 Å². The lowest BCUT2D eigenvalue weighted by atomic mass is 9.74. The second-order valence-corrected chi connectivity index (χ2v) is 9.15. The number of pyridine rings is 1. The Balaban J connectivity index is 1.58. The number of anilines is 1. The van der Waals surface area contributed by atoms with E-state index in [9.17, 15) is 9.59 Å². The van der Waals surface area contributed by atoms with Crippen LogP contribution < -0.4 is 4.90 Å². The van der Waals surface area contributed by atoms with Gasteiger partial charge in [0.05, 0.1) is 11.8 Å². The molecule has 2 atom stereocenters. The molecule has 0 spiro atoms. The van der Waals surface area contributed by atoms with Crippen molar-refractivity contribution in [3.8, 4) is 0 Å². The molecule has 0 aliphatic carbocycles. The number of hydrogen-bond donors (Lipinski definition) is 0. The Bertz CT molecular complexity index is 855. The Labute approximate surface area is 176 Å². The summed E-state index contributed by atoms with van der Waals surface area (Å²) in [4.78, 5) is 36.7. The molecule has 0 unspecified atom stereocenters. The summed E-state index contributed by atoms with van der Waals surface area (Å²) in [6, 6.07) is 7.90. The van der Waals surface area contributed by atoms with Crippen molar-refractivity contribution in [1.29, 1.82) is 0 Å². The summed E-state index contributed by atoms with van der Waals surface area (Å²) in [7, 11) is 3.67. The molecular weight excluding hydrogens is 384 g/mol. The van der Waals surface area contributed by atoms with Crippen molar-refractivity contribution in [1.82, 2.24) is 14.8 Å². The van der Waals surface area contributed by atoms with E-state index >= 15 is 0 Å². The van der Waals surface area contributed by atoms with Crippen molar-refractivity contribution in [3.05, 3.63) is 46.8 Å². The van der Waals surface area contributed by atoms with Crippen molar-refractivity contribution in [2.45, 2.75) is 19.3 Å². The van der Waals surface area contributed by atoms with Crippen molar-refractivity contribution in [2.24, 2.45) is 11.3 Å². The average molecular weight is 413 g/mol. The molecule has 4 rings (SSSR count). The maximum atomic E-state index is 13.3. The Kier molecular flexibility index (Phi) is 5.58. The molecule has 0 saturated carbocycles. The van der Waals surface area contributed by atoms with Gasteiger partial charge in [0.15, 0.2) is 0 Å². The Morgan fingerprint density at radius 1 is 1.28 bits per heavy atom. The van der Waals surface area contributed by atoms with Gasteiger partial charge in [0.25, 0.3) is 0 Å². The first-order chi connectivity index (χ1) is 14.0. The lowest BCUT2D eigenvalue weighted by Crippen LogP contribution is -2.47. The van der Waals surface area contributed by atoms with Crippen molar-refractivity contribution < 1.29 is 9.59 Å². The predicted octanol–water partition coefficient (Wildman–Crippen LogP) is 2.52. The summed E-state index contributed by atoms with van der Waals surface area (Å²) in [5, 5.41) is 4.04. The molecule has 2 saturated heterocycles. The SMILES string of the molecule is CN(C)C(=O)[C@]12CCCN(C(=O)Cc3ccsc3)C[C@H]1CN(c1ccccn1)C2. The number of aromatic nitrogens is 1. The molecule has 2 fully saturated rings. The van der Waals surface area contributed by atoms with Crippen LogP contribution in [0.1, 0.15) is 18.4 Å². The van der Waals surface area contributed by atoms with Crippen molar-refractivity contribution in [3.63, 3.8) is 0 Å². The smallest absolute Gasteiger partial charge is 0.230 e. The van der Waals surface area contributed by atoms with Gasteiger partial charge >= 0.3 is 0 Å². The third kappa shape index (κ3) is 3.88.